The lowest BCUT2D eigenvalue weighted by atomic mass is 10.2. The molecule has 0 aliphatic rings. The van der Waals surface area contributed by atoms with Gasteiger partial charge in [0.2, 0.25) is 0 Å². The number of aryl methyl sites for hydroxylation is 1. The third kappa shape index (κ3) is 6.79. The van der Waals surface area contributed by atoms with Crippen LogP contribution in [0, 0.1) is 0 Å². The maximum absolute atomic E-state index is 12.3. The Morgan fingerprint density at radius 1 is 1.03 bits per heavy atom. The van der Waals surface area contributed by atoms with E-state index in [1.165, 1.54) is 11.8 Å². The van der Waals surface area contributed by atoms with Gasteiger partial charge < -0.3 is 9.47 Å². The Labute approximate surface area is 189 Å². The van der Waals surface area contributed by atoms with Crippen molar-refractivity contribution >= 4 is 34.0 Å². The van der Waals surface area contributed by atoms with Crippen molar-refractivity contribution in [3.05, 3.63) is 94.0 Å². The number of nitrogens with zero attached hydrogens (tertiary/aromatic N) is 1. The second-order valence-electron chi connectivity index (χ2n) is 6.52. The van der Waals surface area contributed by atoms with Crippen molar-refractivity contribution < 1.29 is 19.1 Å². The quantitative estimate of drug-likeness (QED) is 0.218. The van der Waals surface area contributed by atoms with Gasteiger partial charge in [-0.1, -0.05) is 53.2 Å². The van der Waals surface area contributed by atoms with Gasteiger partial charge in [-0.05, 0) is 54.4 Å². The van der Waals surface area contributed by atoms with Gasteiger partial charge in [0.1, 0.15) is 11.5 Å². The topological polar surface area (TPSA) is 77.0 Å². The van der Waals surface area contributed by atoms with Crippen molar-refractivity contribution in [1.29, 1.82) is 0 Å². The minimum absolute atomic E-state index is 0.169. The van der Waals surface area contributed by atoms with Crippen LogP contribution in [0.4, 0.5) is 0 Å². The minimum atomic E-state index is -0.482. The summed E-state index contributed by atoms with van der Waals surface area (Å²) >= 11 is 3.38. The molecular formula is C24H21BrN2O4. The molecule has 0 aliphatic heterocycles. The Balaban J connectivity index is 1.58. The van der Waals surface area contributed by atoms with Gasteiger partial charge in [0.05, 0.1) is 11.8 Å². The molecule has 0 aromatic heterocycles. The number of benzene rings is 3. The van der Waals surface area contributed by atoms with Gasteiger partial charge in [0, 0.05) is 10.0 Å². The summed E-state index contributed by atoms with van der Waals surface area (Å²) in [6.45, 7) is 1.90. The number of halogens is 1. The normalized spacial score (nSPS) is 10.6. The fourth-order valence-electron chi connectivity index (χ4n) is 2.62. The summed E-state index contributed by atoms with van der Waals surface area (Å²) in [7, 11) is 0. The number of ether oxygens (including phenoxy) is 2. The van der Waals surface area contributed by atoms with E-state index < -0.39 is 11.9 Å². The molecule has 3 aromatic rings. The summed E-state index contributed by atoms with van der Waals surface area (Å²) < 4.78 is 11.7. The maximum atomic E-state index is 12.3. The standard InChI is InChI=1S/C24H21BrN2O4/c1-2-17-8-11-21(12-9-17)30-16-23(28)27-26-15-19-14-20(25)10-13-22(19)31-24(29)18-6-4-3-5-7-18/h3-15H,2,16H2,1H3,(H,27,28)/b26-15+. The molecule has 1 N–H and O–H groups in total. The molecule has 3 aromatic carbocycles. The predicted molar refractivity (Wildman–Crippen MR) is 123 cm³/mol. The summed E-state index contributed by atoms with van der Waals surface area (Å²) in [4.78, 5) is 24.3. The number of hydrazone groups is 1. The molecule has 1 amide bonds. The Hall–Kier alpha value is -3.45. The number of esters is 1. The molecule has 0 fully saturated rings. The minimum Gasteiger partial charge on any atom is -0.484 e. The van der Waals surface area contributed by atoms with Crippen LogP contribution in [0.15, 0.2) is 82.4 Å². The molecule has 0 heterocycles. The van der Waals surface area contributed by atoms with Crippen LogP contribution in [-0.4, -0.2) is 24.7 Å². The van der Waals surface area contributed by atoms with Crippen LogP contribution >= 0.6 is 15.9 Å². The van der Waals surface area contributed by atoms with E-state index in [0.29, 0.717) is 22.6 Å². The molecule has 0 radical (unpaired) electrons. The molecule has 7 heteroatoms. The van der Waals surface area contributed by atoms with E-state index >= 15 is 0 Å². The highest BCUT2D eigenvalue weighted by molar-refractivity contribution is 9.10. The Kier molecular flexibility index (Phi) is 7.95. The predicted octanol–water partition coefficient (Wildman–Crippen LogP) is 4.76. The summed E-state index contributed by atoms with van der Waals surface area (Å²) in [6.07, 6.45) is 2.35. The molecule has 0 saturated heterocycles. The number of nitrogens with one attached hydrogen (secondary N) is 1. The van der Waals surface area contributed by atoms with E-state index in [-0.39, 0.29) is 6.61 Å². The van der Waals surface area contributed by atoms with Gasteiger partial charge in [-0.3, -0.25) is 4.79 Å². The van der Waals surface area contributed by atoms with Crippen LogP contribution in [-0.2, 0) is 11.2 Å². The van der Waals surface area contributed by atoms with Crippen molar-refractivity contribution in [1.82, 2.24) is 5.43 Å². The number of carbonyl (C=O) groups is 2. The largest absolute Gasteiger partial charge is 0.484 e. The fourth-order valence-corrected chi connectivity index (χ4v) is 3.00. The van der Waals surface area contributed by atoms with Gasteiger partial charge in [-0.2, -0.15) is 5.10 Å². The van der Waals surface area contributed by atoms with E-state index in [9.17, 15) is 9.59 Å². The van der Waals surface area contributed by atoms with E-state index in [2.05, 4.69) is 33.4 Å². The van der Waals surface area contributed by atoms with Crippen molar-refractivity contribution in [3.8, 4) is 11.5 Å². The number of rotatable bonds is 8. The van der Waals surface area contributed by atoms with Crippen LogP contribution in [0.2, 0.25) is 0 Å². The molecule has 6 nitrogen and oxygen atoms in total. The van der Waals surface area contributed by atoms with Crippen LogP contribution in [0.1, 0.15) is 28.4 Å². The summed E-state index contributed by atoms with van der Waals surface area (Å²) in [6, 6.07) is 21.4. The molecule has 0 unspecified atom stereocenters. The third-order valence-corrected chi connectivity index (χ3v) is 4.77. The van der Waals surface area contributed by atoms with Crippen molar-refractivity contribution in [3.63, 3.8) is 0 Å². The smallest absolute Gasteiger partial charge is 0.343 e. The molecule has 158 valence electrons. The van der Waals surface area contributed by atoms with Gasteiger partial charge in [0.15, 0.2) is 6.61 Å². The second-order valence-corrected chi connectivity index (χ2v) is 7.43. The lowest BCUT2D eigenvalue weighted by Gasteiger charge is -2.08. The molecule has 0 spiro atoms. The zero-order valence-electron chi connectivity index (χ0n) is 16.9. The Morgan fingerprint density at radius 2 is 1.77 bits per heavy atom. The Bertz CT molecular complexity index is 1070. The molecule has 0 atom stereocenters. The lowest BCUT2D eigenvalue weighted by molar-refractivity contribution is -0.123. The van der Waals surface area contributed by atoms with E-state index in [1.807, 2.05) is 30.3 Å². The van der Waals surface area contributed by atoms with Gasteiger partial charge in [-0.25, -0.2) is 10.2 Å². The van der Waals surface area contributed by atoms with Crippen molar-refractivity contribution in [2.24, 2.45) is 5.10 Å². The highest BCUT2D eigenvalue weighted by Crippen LogP contribution is 2.23. The van der Waals surface area contributed by atoms with Crippen LogP contribution in [0.3, 0.4) is 0 Å². The Morgan fingerprint density at radius 3 is 2.48 bits per heavy atom. The van der Waals surface area contributed by atoms with Gasteiger partial charge in [0.25, 0.3) is 5.91 Å². The van der Waals surface area contributed by atoms with Gasteiger partial charge >= 0.3 is 5.97 Å². The molecule has 3 rings (SSSR count). The summed E-state index contributed by atoms with van der Waals surface area (Å²) in [5.41, 5.74) is 4.56. The van der Waals surface area contributed by atoms with Crippen molar-refractivity contribution in [2.45, 2.75) is 13.3 Å². The van der Waals surface area contributed by atoms with E-state index in [4.69, 9.17) is 9.47 Å². The average Bonchev–Trinajstić information content (AvgIpc) is 2.80. The number of hydrogen-bond donors (Lipinski definition) is 1. The molecular weight excluding hydrogens is 460 g/mol. The monoisotopic (exact) mass is 480 g/mol. The molecule has 31 heavy (non-hydrogen) atoms. The first kappa shape index (κ1) is 22.2. The highest BCUT2D eigenvalue weighted by atomic mass is 79.9. The molecule has 0 saturated carbocycles. The molecule has 0 bridgehead atoms. The third-order valence-electron chi connectivity index (χ3n) is 4.28. The van der Waals surface area contributed by atoms with E-state index in [0.717, 1.165) is 10.9 Å². The zero-order valence-corrected chi connectivity index (χ0v) is 18.5. The SMILES string of the molecule is CCc1ccc(OCC(=O)N/N=C/c2cc(Br)ccc2OC(=O)c2ccccc2)cc1. The average molecular weight is 481 g/mol. The number of hydrogen-bond acceptors (Lipinski definition) is 5. The summed E-state index contributed by atoms with van der Waals surface area (Å²) in [5, 5.41) is 3.95. The first-order chi connectivity index (χ1) is 15.0. The number of carbonyl (C=O) groups excluding carboxylic acids is 2. The molecule has 0 aliphatic carbocycles. The van der Waals surface area contributed by atoms with Crippen LogP contribution in [0.25, 0.3) is 0 Å². The second kappa shape index (κ2) is 11.1. The van der Waals surface area contributed by atoms with E-state index in [1.54, 1.807) is 42.5 Å². The van der Waals surface area contributed by atoms with Crippen LogP contribution < -0.4 is 14.9 Å². The zero-order chi connectivity index (χ0) is 22.1. The fraction of sp³-hybridized carbons (Fsp3) is 0.125. The maximum Gasteiger partial charge on any atom is 0.343 e. The first-order valence-corrected chi connectivity index (χ1v) is 10.4. The van der Waals surface area contributed by atoms with Crippen LogP contribution in [0.5, 0.6) is 11.5 Å². The number of amides is 1. The van der Waals surface area contributed by atoms with Gasteiger partial charge in [-0.15, -0.1) is 0 Å². The highest BCUT2D eigenvalue weighted by Gasteiger charge is 2.11. The summed E-state index contributed by atoms with van der Waals surface area (Å²) in [5.74, 6) is 0.0403. The van der Waals surface area contributed by atoms with Crippen molar-refractivity contribution in [2.75, 3.05) is 6.61 Å². The lowest BCUT2D eigenvalue weighted by Crippen LogP contribution is -2.24. The first-order valence-electron chi connectivity index (χ1n) is 9.65.